The summed E-state index contributed by atoms with van der Waals surface area (Å²) in [5, 5.41) is 9.03. The first kappa shape index (κ1) is 14.6. The number of rotatable bonds is 5. The monoisotopic (exact) mass is 295 g/mol. The number of carboxylic acid groups (broad SMARTS) is 1. The number of fused-ring (bicyclic) bond motifs is 1. The van der Waals surface area contributed by atoms with Crippen LogP contribution in [-0.4, -0.2) is 17.6 Å². The molecule has 22 heavy (non-hydrogen) atoms. The van der Waals surface area contributed by atoms with E-state index in [1.807, 2.05) is 6.07 Å². The molecule has 0 spiro atoms. The first-order valence-electron chi connectivity index (χ1n) is 7.77. The molecule has 2 aromatic rings. The summed E-state index contributed by atoms with van der Waals surface area (Å²) in [6.45, 7) is 3.72. The quantitative estimate of drug-likeness (QED) is 0.917. The molecule has 3 nitrogen and oxygen atoms in total. The summed E-state index contributed by atoms with van der Waals surface area (Å²) in [5.74, 6) is -1.06. The standard InChI is InChI=1S/C19H21NO2/c1-14(19(21)22)11-16-7-8-18-17(12-16)9-10-20(18)13-15-5-3-2-4-6-15/h2-8,12,14H,9-11,13H2,1H3,(H,21,22). The van der Waals surface area contributed by atoms with Gasteiger partial charge in [-0.3, -0.25) is 4.79 Å². The Hall–Kier alpha value is -2.29. The van der Waals surface area contributed by atoms with Crippen LogP contribution in [-0.2, 0) is 24.2 Å². The number of hydrogen-bond acceptors (Lipinski definition) is 2. The van der Waals surface area contributed by atoms with Gasteiger partial charge in [-0.15, -0.1) is 0 Å². The van der Waals surface area contributed by atoms with Crippen molar-refractivity contribution in [1.82, 2.24) is 0 Å². The molecule has 1 unspecified atom stereocenters. The van der Waals surface area contributed by atoms with Crippen molar-refractivity contribution in [1.29, 1.82) is 0 Å². The molecule has 3 heteroatoms. The molecule has 0 amide bonds. The average molecular weight is 295 g/mol. The summed E-state index contributed by atoms with van der Waals surface area (Å²) in [6, 6.07) is 16.9. The Labute approximate surface area is 131 Å². The third-order valence-electron chi connectivity index (χ3n) is 4.32. The second-order valence-corrected chi connectivity index (χ2v) is 6.06. The topological polar surface area (TPSA) is 40.5 Å². The SMILES string of the molecule is CC(Cc1ccc2c(c1)CCN2Cc1ccccc1)C(=O)O. The minimum Gasteiger partial charge on any atom is -0.481 e. The molecule has 0 aromatic heterocycles. The minimum absolute atomic E-state index is 0.333. The Morgan fingerprint density at radius 3 is 2.68 bits per heavy atom. The second-order valence-electron chi connectivity index (χ2n) is 6.06. The van der Waals surface area contributed by atoms with Crippen LogP contribution in [0.1, 0.15) is 23.6 Å². The van der Waals surface area contributed by atoms with Crippen LogP contribution in [0.3, 0.4) is 0 Å². The van der Waals surface area contributed by atoms with E-state index in [-0.39, 0.29) is 5.92 Å². The van der Waals surface area contributed by atoms with Crippen LogP contribution < -0.4 is 4.90 Å². The van der Waals surface area contributed by atoms with Crippen molar-refractivity contribution in [2.75, 3.05) is 11.4 Å². The van der Waals surface area contributed by atoms with E-state index >= 15 is 0 Å². The van der Waals surface area contributed by atoms with E-state index in [4.69, 9.17) is 5.11 Å². The molecule has 1 atom stereocenters. The zero-order valence-electron chi connectivity index (χ0n) is 12.8. The first-order chi connectivity index (χ1) is 10.6. The van der Waals surface area contributed by atoms with E-state index in [0.717, 1.165) is 25.1 Å². The number of benzene rings is 2. The first-order valence-corrected chi connectivity index (χ1v) is 7.77. The van der Waals surface area contributed by atoms with Gasteiger partial charge in [0.05, 0.1) is 5.92 Å². The summed E-state index contributed by atoms with van der Waals surface area (Å²) in [4.78, 5) is 13.4. The lowest BCUT2D eigenvalue weighted by Crippen LogP contribution is -2.19. The van der Waals surface area contributed by atoms with E-state index < -0.39 is 5.97 Å². The maximum atomic E-state index is 11.0. The number of carboxylic acids is 1. The highest BCUT2D eigenvalue weighted by Gasteiger charge is 2.20. The van der Waals surface area contributed by atoms with Crippen LogP contribution in [0.5, 0.6) is 0 Å². The van der Waals surface area contributed by atoms with E-state index in [1.54, 1.807) is 6.92 Å². The number of hydrogen-bond donors (Lipinski definition) is 1. The van der Waals surface area contributed by atoms with E-state index in [9.17, 15) is 4.79 Å². The van der Waals surface area contributed by atoms with Crippen LogP contribution in [0, 0.1) is 5.92 Å². The molecule has 1 aliphatic rings. The van der Waals surface area contributed by atoms with Gasteiger partial charge >= 0.3 is 5.97 Å². The highest BCUT2D eigenvalue weighted by Crippen LogP contribution is 2.30. The lowest BCUT2D eigenvalue weighted by Gasteiger charge is -2.20. The Morgan fingerprint density at radius 2 is 1.95 bits per heavy atom. The number of aliphatic carboxylic acids is 1. The van der Waals surface area contributed by atoms with Crippen LogP contribution in [0.15, 0.2) is 48.5 Å². The smallest absolute Gasteiger partial charge is 0.306 e. The Balaban J connectivity index is 1.74. The molecule has 114 valence electrons. The molecule has 1 N–H and O–H groups in total. The fourth-order valence-electron chi connectivity index (χ4n) is 3.06. The molecule has 0 saturated carbocycles. The molecular weight excluding hydrogens is 274 g/mol. The molecule has 0 fully saturated rings. The maximum absolute atomic E-state index is 11.0. The van der Waals surface area contributed by atoms with E-state index in [2.05, 4.69) is 47.4 Å². The summed E-state index contributed by atoms with van der Waals surface area (Å²) < 4.78 is 0. The summed E-state index contributed by atoms with van der Waals surface area (Å²) in [7, 11) is 0. The maximum Gasteiger partial charge on any atom is 0.306 e. The van der Waals surface area contributed by atoms with Crippen LogP contribution in [0.4, 0.5) is 5.69 Å². The Bertz CT molecular complexity index is 666. The number of carbonyl (C=O) groups is 1. The molecule has 2 aromatic carbocycles. The van der Waals surface area contributed by atoms with Crippen molar-refractivity contribution in [2.24, 2.45) is 5.92 Å². The Morgan fingerprint density at radius 1 is 1.18 bits per heavy atom. The fourth-order valence-corrected chi connectivity index (χ4v) is 3.06. The van der Waals surface area contributed by atoms with Gasteiger partial charge in [-0.25, -0.2) is 0 Å². The summed E-state index contributed by atoms with van der Waals surface area (Å²) >= 11 is 0. The predicted molar refractivity (Wildman–Crippen MR) is 88.1 cm³/mol. The van der Waals surface area contributed by atoms with E-state index in [0.29, 0.717) is 6.42 Å². The molecule has 0 saturated heterocycles. The van der Waals surface area contributed by atoms with Gasteiger partial charge in [0.25, 0.3) is 0 Å². The van der Waals surface area contributed by atoms with Crippen molar-refractivity contribution < 1.29 is 9.90 Å². The third-order valence-corrected chi connectivity index (χ3v) is 4.32. The molecule has 0 bridgehead atoms. The number of anilines is 1. The predicted octanol–water partition coefficient (Wildman–Crippen LogP) is 3.51. The molecular formula is C19H21NO2. The van der Waals surface area contributed by atoms with Crippen molar-refractivity contribution in [2.45, 2.75) is 26.3 Å². The minimum atomic E-state index is -0.730. The van der Waals surface area contributed by atoms with Crippen molar-refractivity contribution in [3.05, 3.63) is 65.2 Å². The third kappa shape index (κ3) is 3.14. The lowest BCUT2D eigenvalue weighted by molar-refractivity contribution is -0.141. The van der Waals surface area contributed by atoms with Crippen molar-refractivity contribution in [3.63, 3.8) is 0 Å². The second kappa shape index (κ2) is 6.22. The zero-order valence-corrected chi connectivity index (χ0v) is 12.8. The number of nitrogens with zero attached hydrogens (tertiary/aromatic N) is 1. The van der Waals surface area contributed by atoms with Gasteiger partial charge < -0.3 is 10.0 Å². The van der Waals surface area contributed by atoms with Crippen LogP contribution in [0.25, 0.3) is 0 Å². The highest BCUT2D eigenvalue weighted by atomic mass is 16.4. The average Bonchev–Trinajstić information content (AvgIpc) is 2.90. The van der Waals surface area contributed by atoms with Crippen molar-refractivity contribution in [3.8, 4) is 0 Å². The molecule has 1 heterocycles. The summed E-state index contributed by atoms with van der Waals surface area (Å²) in [5.41, 5.74) is 5.07. The van der Waals surface area contributed by atoms with Crippen LogP contribution >= 0.6 is 0 Å². The summed E-state index contributed by atoms with van der Waals surface area (Å²) in [6.07, 6.45) is 1.64. The van der Waals surface area contributed by atoms with Crippen LogP contribution in [0.2, 0.25) is 0 Å². The van der Waals surface area contributed by atoms with E-state index in [1.165, 1.54) is 16.8 Å². The van der Waals surface area contributed by atoms with Gasteiger partial charge in [-0.05, 0) is 35.6 Å². The molecule has 0 aliphatic carbocycles. The highest BCUT2D eigenvalue weighted by molar-refractivity contribution is 5.70. The normalized spacial score (nSPS) is 14.7. The van der Waals surface area contributed by atoms with Gasteiger partial charge in [-0.1, -0.05) is 49.4 Å². The van der Waals surface area contributed by atoms with Crippen molar-refractivity contribution >= 4 is 11.7 Å². The van der Waals surface area contributed by atoms with Gasteiger partial charge in [-0.2, -0.15) is 0 Å². The van der Waals surface area contributed by atoms with Gasteiger partial charge in [0.2, 0.25) is 0 Å². The molecule has 1 aliphatic heterocycles. The van der Waals surface area contributed by atoms with Gasteiger partial charge in [0, 0.05) is 18.8 Å². The lowest BCUT2D eigenvalue weighted by atomic mass is 9.99. The molecule has 0 radical (unpaired) electrons. The largest absolute Gasteiger partial charge is 0.481 e. The Kier molecular flexibility index (Phi) is 4.14. The zero-order chi connectivity index (χ0) is 15.5. The molecule has 3 rings (SSSR count). The van der Waals surface area contributed by atoms with Gasteiger partial charge in [0.15, 0.2) is 0 Å². The van der Waals surface area contributed by atoms with Gasteiger partial charge in [0.1, 0.15) is 0 Å². The fraction of sp³-hybridized carbons (Fsp3) is 0.316.